The van der Waals surface area contributed by atoms with Crippen LogP contribution >= 0.6 is 11.6 Å². The molecule has 80 valence electrons. The van der Waals surface area contributed by atoms with E-state index in [0.717, 1.165) is 11.6 Å². The van der Waals surface area contributed by atoms with Gasteiger partial charge in [-0.25, -0.2) is 0 Å². The highest BCUT2D eigenvalue weighted by Crippen LogP contribution is 2.74. The van der Waals surface area contributed by atoms with Gasteiger partial charge in [-0.3, -0.25) is 0 Å². The Hall–Kier alpha value is -0.690. The second kappa shape index (κ2) is 2.91. The monoisotopic (exact) mass is 222 g/mol. The minimum atomic E-state index is 0.404. The van der Waals surface area contributed by atoms with Gasteiger partial charge in [0.15, 0.2) is 0 Å². The van der Waals surface area contributed by atoms with Gasteiger partial charge in [0.05, 0.1) is 7.11 Å². The van der Waals surface area contributed by atoms with E-state index in [1.807, 2.05) is 6.07 Å². The van der Waals surface area contributed by atoms with Gasteiger partial charge in [-0.15, -0.1) is 11.6 Å². The van der Waals surface area contributed by atoms with Crippen LogP contribution in [0.25, 0.3) is 0 Å². The van der Waals surface area contributed by atoms with Gasteiger partial charge in [0.25, 0.3) is 0 Å². The zero-order valence-electron chi connectivity index (χ0n) is 8.92. The number of benzene rings is 1. The number of alkyl halides is 1. The Balaban J connectivity index is 1.90. The lowest BCUT2D eigenvalue weighted by Gasteiger charge is -2.70. The van der Waals surface area contributed by atoms with Crippen LogP contribution in [0.2, 0.25) is 0 Å². The van der Waals surface area contributed by atoms with Crippen LogP contribution < -0.4 is 4.74 Å². The molecule has 3 fully saturated rings. The van der Waals surface area contributed by atoms with Crippen LogP contribution in [0.15, 0.2) is 24.3 Å². The van der Waals surface area contributed by atoms with Crippen LogP contribution in [0.4, 0.5) is 0 Å². The van der Waals surface area contributed by atoms with Gasteiger partial charge in [-0.2, -0.15) is 0 Å². The zero-order chi connectivity index (χ0) is 10.5. The second-order valence-corrected chi connectivity index (χ2v) is 5.41. The number of para-hydroxylation sites is 1. The first kappa shape index (κ1) is 9.53. The van der Waals surface area contributed by atoms with Crippen LogP contribution in [0.3, 0.4) is 0 Å². The fraction of sp³-hybridized carbons (Fsp3) is 0.538. The average molecular weight is 223 g/mol. The number of halogens is 1. The maximum Gasteiger partial charge on any atom is 0.122 e. The molecule has 2 bridgehead atoms. The van der Waals surface area contributed by atoms with Crippen molar-refractivity contribution in [1.29, 1.82) is 0 Å². The van der Waals surface area contributed by atoms with E-state index in [2.05, 4.69) is 18.2 Å². The molecule has 0 heterocycles. The molecule has 1 aromatic rings. The third-order valence-electron chi connectivity index (χ3n) is 4.10. The Kier molecular flexibility index (Phi) is 1.85. The lowest BCUT2D eigenvalue weighted by Crippen LogP contribution is -2.65. The average Bonchev–Trinajstić information content (AvgIpc) is 2.15. The summed E-state index contributed by atoms with van der Waals surface area (Å²) in [6.07, 6.45) is 3.76. The molecule has 4 rings (SSSR count). The van der Waals surface area contributed by atoms with Crippen molar-refractivity contribution in [2.45, 2.75) is 24.7 Å². The van der Waals surface area contributed by atoms with E-state index in [-0.39, 0.29) is 0 Å². The quantitative estimate of drug-likeness (QED) is 0.713. The SMILES string of the molecule is COc1ccccc1C12CC(CCl)(C1)C2. The molecule has 0 saturated heterocycles. The van der Waals surface area contributed by atoms with Crippen LogP contribution in [0, 0.1) is 5.41 Å². The standard InChI is InChI=1S/C13H15ClO/c1-15-11-5-3-2-4-10(11)13-6-12(7-13,8-13)9-14/h2-5H,6-9H2,1H3. The van der Waals surface area contributed by atoms with E-state index in [1.54, 1.807) is 7.11 Å². The van der Waals surface area contributed by atoms with Crippen molar-refractivity contribution < 1.29 is 4.74 Å². The summed E-state index contributed by atoms with van der Waals surface area (Å²) in [5.41, 5.74) is 2.27. The van der Waals surface area contributed by atoms with Crippen molar-refractivity contribution in [2.75, 3.05) is 13.0 Å². The van der Waals surface area contributed by atoms with Gasteiger partial charge in [-0.1, -0.05) is 18.2 Å². The Morgan fingerprint density at radius 3 is 2.53 bits per heavy atom. The summed E-state index contributed by atoms with van der Waals surface area (Å²) in [5.74, 6) is 1.87. The predicted octanol–water partition coefficient (Wildman–Crippen LogP) is 3.36. The minimum absolute atomic E-state index is 0.404. The van der Waals surface area contributed by atoms with E-state index < -0.39 is 0 Å². The molecule has 0 amide bonds. The van der Waals surface area contributed by atoms with E-state index >= 15 is 0 Å². The minimum Gasteiger partial charge on any atom is -0.496 e. The van der Waals surface area contributed by atoms with Crippen LogP contribution in [-0.2, 0) is 5.41 Å². The molecule has 0 aromatic heterocycles. The number of hydrogen-bond acceptors (Lipinski definition) is 1. The van der Waals surface area contributed by atoms with Gasteiger partial charge in [0.1, 0.15) is 5.75 Å². The van der Waals surface area contributed by atoms with Crippen molar-refractivity contribution >= 4 is 11.6 Å². The summed E-state index contributed by atoms with van der Waals surface area (Å²) in [6, 6.07) is 8.40. The van der Waals surface area contributed by atoms with Crippen molar-refractivity contribution in [3.05, 3.63) is 29.8 Å². The summed E-state index contributed by atoms with van der Waals surface area (Å²) in [7, 11) is 1.75. The molecule has 0 aliphatic heterocycles. The van der Waals surface area contributed by atoms with E-state index in [1.165, 1.54) is 24.8 Å². The highest BCUT2D eigenvalue weighted by Gasteiger charge is 2.68. The molecule has 0 atom stereocenters. The summed E-state index contributed by atoms with van der Waals surface area (Å²) in [6.45, 7) is 0. The lowest BCUT2D eigenvalue weighted by molar-refractivity contribution is -0.123. The van der Waals surface area contributed by atoms with Gasteiger partial charge in [-0.05, 0) is 30.7 Å². The smallest absolute Gasteiger partial charge is 0.122 e. The summed E-state index contributed by atoms with van der Waals surface area (Å²) < 4.78 is 5.43. The Labute approximate surface area is 95.4 Å². The van der Waals surface area contributed by atoms with Gasteiger partial charge < -0.3 is 4.74 Å². The first-order valence-electron chi connectivity index (χ1n) is 5.43. The zero-order valence-corrected chi connectivity index (χ0v) is 9.68. The van der Waals surface area contributed by atoms with E-state index in [0.29, 0.717) is 10.8 Å². The molecule has 0 spiro atoms. The van der Waals surface area contributed by atoms with Crippen molar-refractivity contribution in [3.63, 3.8) is 0 Å². The van der Waals surface area contributed by atoms with Gasteiger partial charge in [0, 0.05) is 16.9 Å². The molecule has 2 heteroatoms. The lowest BCUT2D eigenvalue weighted by atomic mass is 9.34. The largest absolute Gasteiger partial charge is 0.496 e. The molecule has 1 aromatic carbocycles. The Bertz CT molecular complexity index is 380. The molecule has 0 radical (unpaired) electrons. The first-order chi connectivity index (χ1) is 7.24. The number of rotatable bonds is 3. The van der Waals surface area contributed by atoms with Crippen molar-refractivity contribution in [1.82, 2.24) is 0 Å². The van der Waals surface area contributed by atoms with Gasteiger partial charge in [0.2, 0.25) is 0 Å². The number of ether oxygens (including phenoxy) is 1. The topological polar surface area (TPSA) is 9.23 Å². The van der Waals surface area contributed by atoms with Crippen LogP contribution in [-0.4, -0.2) is 13.0 Å². The van der Waals surface area contributed by atoms with Crippen LogP contribution in [0.5, 0.6) is 5.75 Å². The molecule has 1 nitrogen and oxygen atoms in total. The maximum atomic E-state index is 5.97. The maximum absolute atomic E-state index is 5.97. The van der Waals surface area contributed by atoms with Gasteiger partial charge >= 0.3 is 0 Å². The fourth-order valence-electron chi connectivity index (χ4n) is 3.51. The third-order valence-corrected chi connectivity index (χ3v) is 4.67. The molecule has 3 aliphatic carbocycles. The molecule has 3 aliphatic rings. The number of hydrogen-bond donors (Lipinski definition) is 0. The molecule has 15 heavy (non-hydrogen) atoms. The van der Waals surface area contributed by atoms with Crippen molar-refractivity contribution in [2.24, 2.45) is 5.41 Å². The summed E-state index contributed by atoms with van der Waals surface area (Å²) >= 11 is 5.97. The van der Waals surface area contributed by atoms with Crippen molar-refractivity contribution in [3.8, 4) is 5.75 Å². The summed E-state index contributed by atoms with van der Waals surface area (Å²) in [4.78, 5) is 0. The second-order valence-electron chi connectivity index (χ2n) is 5.14. The van der Waals surface area contributed by atoms with E-state index in [4.69, 9.17) is 16.3 Å². The third kappa shape index (κ3) is 1.10. The number of methoxy groups -OCH3 is 1. The molecule has 0 N–H and O–H groups in total. The highest BCUT2D eigenvalue weighted by molar-refractivity contribution is 6.18. The summed E-state index contributed by atoms with van der Waals surface area (Å²) in [5, 5.41) is 0. The fourth-order valence-corrected chi connectivity index (χ4v) is 3.79. The molecule has 3 saturated carbocycles. The van der Waals surface area contributed by atoms with Crippen LogP contribution in [0.1, 0.15) is 24.8 Å². The highest BCUT2D eigenvalue weighted by atomic mass is 35.5. The molecular formula is C13H15ClO. The molecule has 0 unspecified atom stereocenters. The van der Waals surface area contributed by atoms with E-state index in [9.17, 15) is 0 Å². The predicted molar refractivity (Wildman–Crippen MR) is 61.7 cm³/mol. The first-order valence-corrected chi connectivity index (χ1v) is 5.97. The normalized spacial score (nSPS) is 36.7. The Morgan fingerprint density at radius 2 is 1.93 bits per heavy atom. The molecular weight excluding hydrogens is 208 g/mol. The Morgan fingerprint density at radius 1 is 1.27 bits per heavy atom.